The SMILES string of the molecule is CNCC1CCN(C(=O)c2ccccc2Cc2ccccc2)C1. The van der Waals surface area contributed by atoms with E-state index in [1.807, 2.05) is 48.3 Å². The van der Waals surface area contributed by atoms with Gasteiger partial charge in [0.15, 0.2) is 0 Å². The van der Waals surface area contributed by atoms with E-state index in [-0.39, 0.29) is 5.91 Å². The summed E-state index contributed by atoms with van der Waals surface area (Å²) < 4.78 is 0. The van der Waals surface area contributed by atoms with Crippen molar-refractivity contribution >= 4 is 5.91 Å². The van der Waals surface area contributed by atoms with Gasteiger partial charge in [0.05, 0.1) is 0 Å². The predicted octanol–water partition coefficient (Wildman–Crippen LogP) is 2.96. The van der Waals surface area contributed by atoms with Crippen LogP contribution in [0.15, 0.2) is 54.6 Å². The quantitative estimate of drug-likeness (QED) is 0.921. The maximum atomic E-state index is 12.9. The summed E-state index contributed by atoms with van der Waals surface area (Å²) in [6, 6.07) is 18.3. The van der Waals surface area contributed by atoms with Crippen molar-refractivity contribution in [1.29, 1.82) is 0 Å². The third kappa shape index (κ3) is 3.80. The summed E-state index contributed by atoms with van der Waals surface area (Å²) in [4.78, 5) is 14.9. The Hall–Kier alpha value is -2.13. The second-order valence-corrected chi connectivity index (χ2v) is 6.28. The molecule has 3 heteroatoms. The largest absolute Gasteiger partial charge is 0.338 e. The van der Waals surface area contributed by atoms with E-state index in [1.165, 1.54) is 5.56 Å². The van der Waals surface area contributed by atoms with Crippen LogP contribution in [0.25, 0.3) is 0 Å². The van der Waals surface area contributed by atoms with Crippen LogP contribution in [-0.4, -0.2) is 37.5 Å². The number of hydrogen-bond acceptors (Lipinski definition) is 2. The van der Waals surface area contributed by atoms with Gasteiger partial charge in [-0.3, -0.25) is 4.79 Å². The van der Waals surface area contributed by atoms with Gasteiger partial charge in [-0.25, -0.2) is 0 Å². The van der Waals surface area contributed by atoms with E-state index in [9.17, 15) is 4.79 Å². The van der Waals surface area contributed by atoms with E-state index in [4.69, 9.17) is 0 Å². The third-order valence-electron chi connectivity index (χ3n) is 4.55. The van der Waals surface area contributed by atoms with Crippen LogP contribution in [0.3, 0.4) is 0 Å². The number of carbonyl (C=O) groups excluding carboxylic acids is 1. The molecule has 120 valence electrons. The van der Waals surface area contributed by atoms with Gasteiger partial charge in [-0.15, -0.1) is 0 Å². The van der Waals surface area contributed by atoms with Crippen LogP contribution >= 0.6 is 0 Å². The van der Waals surface area contributed by atoms with Gasteiger partial charge in [0.1, 0.15) is 0 Å². The highest BCUT2D eigenvalue weighted by molar-refractivity contribution is 5.96. The van der Waals surface area contributed by atoms with Gasteiger partial charge in [0.25, 0.3) is 5.91 Å². The van der Waals surface area contributed by atoms with E-state index in [2.05, 4.69) is 23.5 Å². The van der Waals surface area contributed by atoms with Crippen molar-refractivity contribution < 1.29 is 4.79 Å². The Morgan fingerprint density at radius 2 is 1.87 bits per heavy atom. The molecule has 0 radical (unpaired) electrons. The molecule has 1 saturated heterocycles. The zero-order valence-corrected chi connectivity index (χ0v) is 13.7. The van der Waals surface area contributed by atoms with Crippen molar-refractivity contribution in [3.05, 3.63) is 71.3 Å². The topological polar surface area (TPSA) is 32.3 Å². The van der Waals surface area contributed by atoms with Crippen molar-refractivity contribution in [3.8, 4) is 0 Å². The molecule has 3 rings (SSSR count). The molecular formula is C20H24N2O. The van der Waals surface area contributed by atoms with E-state index in [0.29, 0.717) is 5.92 Å². The summed E-state index contributed by atoms with van der Waals surface area (Å²) in [6.07, 6.45) is 1.89. The van der Waals surface area contributed by atoms with Gasteiger partial charge in [-0.1, -0.05) is 48.5 Å². The van der Waals surface area contributed by atoms with Gasteiger partial charge >= 0.3 is 0 Å². The summed E-state index contributed by atoms with van der Waals surface area (Å²) in [5, 5.41) is 3.21. The number of hydrogen-bond donors (Lipinski definition) is 1. The molecule has 3 nitrogen and oxygen atoms in total. The molecular weight excluding hydrogens is 284 g/mol. The Labute approximate surface area is 138 Å². The fraction of sp³-hybridized carbons (Fsp3) is 0.350. The molecule has 0 aromatic heterocycles. The first kappa shape index (κ1) is 15.8. The Morgan fingerprint density at radius 3 is 2.65 bits per heavy atom. The summed E-state index contributed by atoms with van der Waals surface area (Å²) in [5.74, 6) is 0.750. The lowest BCUT2D eigenvalue weighted by Gasteiger charge is -2.19. The average Bonchev–Trinajstić information content (AvgIpc) is 3.05. The van der Waals surface area contributed by atoms with Crippen molar-refractivity contribution in [3.63, 3.8) is 0 Å². The standard InChI is InChI=1S/C20H24N2O/c1-21-14-17-11-12-22(15-17)20(23)19-10-6-5-9-18(19)13-16-7-3-2-4-8-16/h2-10,17,21H,11-15H2,1H3. The fourth-order valence-corrected chi connectivity index (χ4v) is 3.34. The minimum absolute atomic E-state index is 0.176. The lowest BCUT2D eigenvalue weighted by molar-refractivity contribution is 0.0786. The molecule has 1 heterocycles. The zero-order chi connectivity index (χ0) is 16.1. The monoisotopic (exact) mass is 308 g/mol. The molecule has 1 aliphatic rings. The molecule has 1 fully saturated rings. The van der Waals surface area contributed by atoms with Crippen LogP contribution in [0.1, 0.15) is 27.9 Å². The molecule has 0 aliphatic carbocycles. The maximum absolute atomic E-state index is 12.9. The van der Waals surface area contributed by atoms with Gasteiger partial charge < -0.3 is 10.2 Å². The first-order chi connectivity index (χ1) is 11.3. The van der Waals surface area contributed by atoms with Crippen LogP contribution in [0.5, 0.6) is 0 Å². The van der Waals surface area contributed by atoms with Gasteiger partial charge in [0.2, 0.25) is 0 Å². The first-order valence-corrected chi connectivity index (χ1v) is 8.33. The number of nitrogens with one attached hydrogen (secondary N) is 1. The highest BCUT2D eigenvalue weighted by Crippen LogP contribution is 2.21. The van der Waals surface area contributed by atoms with Crippen molar-refractivity contribution in [2.24, 2.45) is 5.92 Å². The van der Waals surface area contributed by atoms with Crippen molar-refractivity contribution in [2.45, 2.75) is 12.8 Å². The molecule has 2 aromatic rings. The van der Waals surface area contributed by atoms with Gasteiger partial charge in [-0.2, -0.15) is 0 Å². The Kier molecular flexibility index (Phi) is 5.09. The minimum Gasteiger partial charge on any atom is -0.338 e. The summed E-state index contributed by atoms with van der Waals surface area (Å²) in [5.41, 5.74) is 3.20. The number of amides is 1. The number of nitrogens with zero attached hydrogens (tertiary/aromatic N) is 1. The summed E-state index contributed by atoms with van der Waals surface area (Å²) in [7, 11) is 1.97. The molecule has 23 heavy (non-hydrogen) atoms. The molecule has 1 unspecified atom stereocenters. The van der Waals surface area contributed by atoms with E-state index >= 15 is 0 Å². The molecule has 1 amide bonds. The molecule has 1 aliphatic heterocycles. The van der Waals surface area contributed by atoms with Crippen molar-refractivity contribution in [1.82, 2.24) is 10.2 Å². The summed E-state index contributed by atoms with van der Waals surface area (Å²) >= 11 is 0. The lowest BCUT2D eigenvalue weighted by atomic mass is 9.99. The highest BCUT2D eigenvalue weighted by atomic mass is 16.2. The number of carbonyl (C=O) groups is 1. The zero-order valence-electron chi connectivity index (χ0n) is 13.7. The second kappa shape index (κ2) is 7.42. The van der Waals surface area contributed by atoms with E-state index in [0.717, 1.165) is 43.6 Å². The molecule has 1 N–H and O–H groups in total. The number of rotatable bonds is 5. The normalized spacial score (nSPS) is 17.4. The Morgan fingerprint density at radius 1 is 1.13 bits per heavy atom. The second-order valence-electron chi connectivity index (χ2n) is 6.28. The lowest BCUT2D eigenvalue weighted by Crippen LogP contribution is -2.31. The maximum Gasteiger partial charge on any atom is 0.254 e. The molecule has 1 atom stereocenters. The van der Waals surface area contributed by atoms with Crippen LogP contribution < -0.4 is 5.32 Å². The fourth-order valence-electron chi connectivity index (χ4n) is 3.34. The van der Waals surface area contributed by atoms with Gasteiger partial charge in [-0.05, 0) is 49.5 Å². The highest BCUT2D eigenvalue weighted by Gasteiger charge is 2.27. The van der Waals surface area contributed by atoms with Crippen LogP contribution in [0.4, 0.5) is 0 Å². The van der Waals surface area contributed by atoms with Gasteiger partial charge in [0, 0.05) is 18.7 Å². The number of likely N-dealkylation sites (tertiary alicyclic amines) is 1. The van der Waals surface area contributed by atoms with E-state index in [1.54, 1.807) is 0 Å². The average molecular weight is 308 g/mol. The molecule has 2 aromatic carbocycles. The number of benzene rings is 2. The van der Waals surface area contributed by atoms with Crippen LogP contribution in [0.2, 0.25) is 0 Å². The van der Waals surface area contributed by atoms with Crippen LogP contribution in [0, 0.1) is 5.92 Å². The molecule has 0 saturated carbocycles. The Balaban J connectivity index is 1.76. The Bertz CT molecular complexity index is 654. The molecule has 0 bridgehead atoms. The summed E-state index contributed by atoms with van der Waals surface area (Å²) in [6.45, 7) is 2.71. The minimum atomic E-state index is 0.176. The predicted molar refractivity (Wildman–Crippen MR) is 93.6 cm³/mol. The van der Waals surface area contributed by atoms with Crippen molar-refractivity contribution in [2.75, 3.05) is 26.7 Å². The van der Waals surface area contributed by atoms with E-state index < -0.39 is 0 Å². The third-order valence-corrected chi connectivity index (χ3v) is 4.55. The molecule has 0 spiro atoms. The van der Waals surface area contributed by atoms with Crippen LogP contribution in [-0.2, 0) is 6.42 Å². The first-order valence-electron chi connectivity index (χ1n) is 8.33. The smallest absolute Gasteiger partial charge is 0.254 e.